The Hall–Kier alpha value is -0.790. The zero-order chi connectivity index (χ0) is 10.8. The summed E-state index contributed by atoms with van der Waals surface area (Å²) in [5.41, 5.74) is 1.68. The molecule has 0 heterocycles. The zero-order valence-corrected chi connectivity index (χ0v) is 9.59. The first-order valence-electron chi connectivity index (χ1n) is 5.22. The number of rotatable bonds is 2. The van der Waals surface area contributed by atoms with E-state index in [9.17, 15) is 4.79 Å². The first kappa shape index (κ1) is 11.3. The lowest BCUT2D eigenvalue weighted by molar-refractivity contribution is -0.142. The average Bonchev–Trinajstić information content (AvgIpc) is 2.07. The zero-order valence-electron chi connectivity index (χ0n) is 9.59. The Labute approximate surface area is 86.3 Å². The van der Waals surface area contributed by atoms with Crippen molar-refractivity contribution in [2.45, 2.75) is 40.5 Å². The summed E-state index contributed by atoms with van der Waals surface area (Å²) >= 11 is 0. The fraction of sp³-hybridized carbons (Fsp3) is 0.750. The second kappa shape index (κ2) is 4.16. The highest BCUT2D eigenvalue weighted by Crippen LogP contribution is 2.39. The van der Waals surface area contributed by atoms with Gasteiger partial charge in [-0.25, -0.2) is 0 Å². The van der Waals surface area contributed by atoms with Crippen molar-refractivity contribution in [1.29, 1.82) is 0 Å². The van der Waals surface area contributed by atoms with E-state index in [2.05, 4.69) is 26.8 Å². The van der Waals surface area contributed by atoms with Crippen LogP contribution in [0.25, 0.3) is 0 Å². The molecule has 0 saturated heterocycles. The Morgan fingerprint density at radius 1 is 1.64 bits per heavy atom. The standard InChI is InChI=1S/C12H20O2/c1-9-5-6-12(3,4)11(7-9)8-14-10(2)13/h7,11H,5-6,8H2,1-4H3. The van der Waals surface area contributed by atoms with E-state index in [-0.39, 0.29) is 11.4 Å². The van der Waals surface area contributed by atoms with E-state index < -0.39 is 0 Å². The molecular formula is C12H20O2. The quantitative estimate of drug-likeness (QED) is 0.501. The van der Waals surface area contributed by atoms with Crippen molar-refractivity contribution in [3.05, 3.63) is 11.6 Å². The highest BCUT2D eigenvalue weighted by atomic mass is 16.5. The highest BCUT2D eigenvalue weighted by molar-refractivity contribution is 5.65. The van der Waals surface area contributed by atoms with Crippen molar-refractivity contribution in [3.63, 3.8) is 0 Å². The molecule has 0 N–H and O–H groups in total. The topological polar surface area (TPSA) is 26.3 Å². The van der Waals surface area contributed by atoms with Crippen molar-refractivity contribution in [1.82, 2.24) is 0 Å². The van der Waals surface area contributed by atoms with E-state index in [0.717, 1.165) is 0 Å². The first-order valence-corrected chi connectivity index (χ1v) is 5.22. The van der Waals surface area contributed by atoms with Gasteiger partial charge in [-0.05, 0) is 25.2 Å². The first-order chi connectivity index (χ1) is 6.42. The SMILES string of the molecule is CC(=O)OCC1C=C(C)CCC1(C)C. The van der Waals surface area contributed by atoms with Gasteiger partial charge in [0.05, 0.1) is 6.61 Å². The van der Waals surface area contributed by atoms with Gasteiger partial charge in [0.2, 0.25) is 0 Å². The molecule has 1 aliphatic carbocycles. The lowest BCUT2D eigenvalue weighted by Crippen LogP contribution is -2.30. The van der Waals surface area contributed by atoms with Gasteiger partial charge in [-0.2, -0.15) is 0 Å². The summed E-state index contributed by atoms with van der Waals surface area (Å²) in [6.07, 6.45) is 4.61. The second-order valence-electron chi connectivity index (χ2n) is 4.91. The molecule has 1 unspecified atom stereocenters. The van der Waals surface area contributed by atoms with Crippen molar-refractivity contribution in [2.75, 3.05) is 6.61 Å². The third-order valence-corrected chi connectivity index (χ3v) is 3.12. The monoisotopic (exact) mass is 196 g/mol. The Bertz CT molecular complexity index is 251. The summed E-state index contributed by atoms with van der Waals surface area (Å²) in [5, 5.41) is 0. The van der Waals surface area contributed by atoms with E-state index in [1.807, 2.05) is 0 Å². The van der Waals surface area contributed by atoms with Gasteiger partial charge in [-0.3, -0.25) is 4.79 Å². The molecule has 0 aromatic heterocycles. The van der Waals surface area contributed by atoms with Crippen LogP contribution in [0.5, 0.6) is 0 Å². The largest absolute Gasteiger partial charge is 0.465 e. The minimum atomic E-state index is -0.183. The van der Waals surface area contributed by atoms with Crippen molar-refractivity contribution in [3.8, 4) is 0 Å². The smallest absolute Gasteiger partial charge is 0.302 e. The van der Waals surface area contributed by atoms with Crippen LogP contribution < -0.4 is 0 Å². The number of allylic oxidation sites excluding steroid dienone is 1. The fourth-order valence-corrected chi connectivity index (χ4v) is 1.84. The van der Waals surface area contributed by atoms with Crippen molar-refractivity contribution < 1.29 is 9.53 Å². The van der Waals surface area contributed by atoms with Gasteiger partial charge >= 0.3 is 5.97 Å². The van der Waals surface area contributed by atoms with E-state index in [1.54, 1.807) is 0 Å². The normalized spacial score (nSPS) is 25.4. The predicted octanol–water partition coefficient (Wildman–Crippen LogP) is 2.93. The average molecular weight is 196 g/mol. The maximum atomic E-state index is 10.7. The van der Waals surface area contributed by atoms with Crippen LogP contribution in [-0.2, 0) is 9.53 Å². The Morgan fingerprint density at radius 3 is 2.86 bits per heavy atom. The summed E-state index contributed by atoms with van der Waals surface area (Å²) in [4.78, 5) is 10.7. The molecule has 0 saturated carbocycles. The van der Waals surface area contributed by atoms with Gasteiger partial charge in [0.1, 0.15) is 0 Å². The molecule has 0 aromatic rings. The molecule has 0 radical (unpaired) electrons. The van der Waals surface area contributed by atoms with Crippen molar-refractivity contribution >= 4 is 5.97 Å². The minimum Gasteiger partial charge on any atom is -0.465 e. The van der Waals surface area contributed by atoms with Crippen molar-refractivity contribution in [2.24, 2.45) is 11.3 Å². The molecule has 1 aliphatic rings. The molecule has 2 nitrogen and oxygen atoms in total. The fourth-order valence-electron chi connectivity index (χ4n) is 1.84. The van der Waals surface area contributed by atoms with E-state index in [0.29, 0.717) is 12.5 Å². The van der Waals surface area contributed by atoms with Crippen LogP contribution in [0, 0.1) is 11.3 Å². The molecule has 1 atom stereocenters. The molecule has 0 aromatic carbocycles. The molecule has 0 spiro atoms. The maximum absolute atomic E-state index is 10.7. The molecular weight excluding hydrogens is 176 g/mol. The summed E-state index contributed by atoms with van der Waals surface area (Å²) in [6.45, 7) is 8.62. The van der Waals surface area contributed by atoms with Crippen LogP contribution in [-0.4, -0.2) is 12.6 Å². The molecule has 0 fully saturated rings. The van der Waals surface area contributed by atoms with Gasteiger partial charge < -0.3 is 4.74 Å². The summed E-state index contributed by atoms with van der Waals surface area (Å²) in [6, 6.07) is 0. The Balaban J connectivity index is 2.62. The third kappa shape index (κ3) is 2.86. The molecule has 0 amide bonds. The van der Waals surface area contributed by atoms with Gasteiger partial charge in [0.25, 0.3) is 0 Å². The third-order valence-electron chi connectivity index (χ3n) is 3.12. The molecule has 14 heavy (non-hydrogen) atoms. The Morgan fingerprint density at radius 2 is 2.29 bits per heavy atom. The van der Waals surface area contributed by atoms with Crippen LogP contribution in [0.4, 0.5) is 0 Å². The molecule has 2 heteroatoms. The number of esters is 1. The molecule has 0 aliphatic heterocycles. The van der Waals surface area contributed by atoms with Gasteiger partial charge in [-0.1, -0.05) is 25.5 Å². The van der Waals surface area contributed by atoms with Gasteiger partial charge in [0.15, 0.2) is 0 Å². The summed E-state index contributed by atoms with van der Waals surface area (Å²) in [5.74, 6) is 0.192. The summed E-state index contributed by atoms with van der Waals surface area (Å²) in [7, 11) is 0. The lowest BCUT2D eigenvalue weighted by atomic mass is 9.71. The number of carbonyl (C=O) groups excluding carboxylic acids is 1. The number of ether oxygens (including phenoxy) is 1. The lowest BCUT2D eigenvalue weighted by Gasteiger charge is -2.36. The van der Waals surface area contributed by atoms with Crippen LogP contribution in [0.2, 0.25) is 0 Å². The van der Waals surface area contributed by atoms with E-state index in [4.69, 9.17) is 4.74 Å². The highest BCUT2D eigenvalue weighted by Gasteiger charge is 2.31. The maximum Gasteiger partial charge on any atom is 0.302 e. The summed E-state index contributed by atoms with van der Waals surface area (Å²) < 4.78 is 5.08. The van der Waals surface area contributed by atoms with Crippen LogP contribution in [0.3, 0.4) is 0 Å². The minimum absolute atomic E-state index is 0.183. The second-order valence-corrected chi connectivity index (χ2v) is 4.91. The van der Waals surface area contributed by atoms with Crippen LogP contribution in [0.15, 0.2) is 11.6 Å². The number of carbonyl (C=O) groups is 1. The molecule has 1 rings (SSSR count). The Kier molecular flexibility index (Phi) is 3.35. The van der Waals surface area contributed by atoms with Crippen LogP contribution >= 0.6 is 0 Å². The number of hydrogen-bond acceptors (Lipinski definition) is 2. The van der Waals surface area contributed by atoms with Crippen LogP contribution in [0.1, 0.15) is 40.5 Å². The van der Waals surface area contributed by atoms with Gasteiger partial charge in [-0.15, -0.1) is 0 Å². The predicted molar refractivity (Wildman–Crippen MR) is 56.9 cm³/mol. The number of hydrogen-bond donors (Lipinski definition) is 0. The molecule has 80 valence electrons. The van der Waals surface area contributed by atoms with E-state index in [1.165, 1.54) is 25.3 Å². The van der Waals surface area contributed by atoms with E-state index >= 15 is 0 Å². The molecule has 0 bridgehead atoms. The van der Waals surface area contributed by atoms with Gasteiger partial charge in [0, 0.05) is 12.8 Å².